The first kappa shape index (κ1) is 47.5. The van der Waals surface area contributed by atoms with E-state index in [9.17, 15) is 19.2 Å². The van der Waals surface area contributed by atoms with E-state index in [1.807, 2.05) is 51.3 Å². The predicted molar refractivity (Wildman–Crippen MR) is 251 cm³/mol. The van der Waals surface area contributed by atoms with E-state index in [1.54, 1.807) is 13.2 Å². The number of likely N-dealkylation sites (tertiary alicyclic amines) is 2. The zero-order valence-corrected chi connectivity index (χ0v) is 40.5. The largest absolute Gasteiger partial charge is 0.492 e. The highest BCUT2D eigenvalue weighted by Crippen LogP contribution is 2.54. The maximum Gasteiger partial charge on any atom is 0.407 e. The topological polar surface area (TPSA) is 183 Å². The summed E-state index contributed by atoms with van der Waals surface area (Å²) in [5, 5.41) is 12.6. The Morgan fingerprint density at radius 1 is 1.02 bits per heavy atom. The third-order valence-corrected chi connectivity index (χ3v) is 14.8. The van der Waals surface area contributed by atoms with E-state index in [0.717, 1.165) is 66.8 Å². The van der Waals surface area contributed by atoms with Crippen LogP contribution in [0.15, 0.2) is 36.2 Å². The minimum atomic E-state index is -1.29. The molecule has 0 radical (unpaired) electrons. The molecule has 1 aromatic carbocycles. The summed E-state index contributed by atoms with van der Waals surface area (Å²) in [6.07, 6.45) is 5.30. The summed E-state index contributed by atoms with van der Waals surface area (Å²) in [4.78, 5) is 69.7. The molecule has 3 aliphatic carbocycles. The Labute approximate surface area is 391 Å². The zero-order chi connectivity index (χ0) is 47.1. The number of aryl methyl sites for hydroxylation is 1. The van der Waals surface area contributed by atoms with Crippen molar-refractivity contribution in [1.82, 2.24) is 30.4 Å². The van der Waals surface area contributed by atoms with Crippen molar-refractivity contribution in [3.63, 3.8) is 0 Å². The number of hydrogen-bond donors (Lipinski definition) is 3. The van der Waals surface area contributed by atoms with Gasteiger partial charge in [-0.25, -0.2) is 19.6 Å². The van der Waals surface area contributed by atoms with Crippen molar-refractivity contribution in [3.8, 4) is 22.9 Å². The number of carbonyl (C=O) groups excluding carboxylic acids is 4. The molecule has 3 saturated carbocycles. The van der Waals surface area contributed by atoms with Gasteiger partial charge >= 0.3 is 12.1 Å². The normalized spacial score (nSPS) is 27.3. The highest BCUT2D eigenvalue weighted by atomic mass is 32.1. The summed E-state index contributed by atoms with van der Waals surface area (Å²) in [6, 6.07) is 3.78. The van der Waals surface area contributed by atoms with Crippen LogP contribution in [0, 0.1) is 36.0 Å². The van der Waals surface area contributed by atoms with Crippen LogP contribution in [-0.2, 0) is 28.6 Å². The molecular formula is C49H67N7O9S. The molecule has 358 valence electrons. The molecule has 2 saturated heterocycles. The lowest BCUT2D eigenvalue weighted by atomic mass is 9.85. The van der Waals surface area contributed by atoms with Crippen molar-refractivity contribution < 1.29 is 42.9 Å². The van der Waals surface area contributed by atoms with Crippen molar-refractivity contribution in [2.24, 2.45) is 29.1 Å². The molecule has 0 bridgehead atoms. The number of carbonyl (C=O) groups is 4. The molecule has 3 N–H and O–H groups in total. The molecule has 0 spiro atoms. The van der Waals surface area contributed by atoms with Gasteiger partial charge in [-0.15, -0.1) is 17.9 Å². The van der Waals surface area contributed by atoms with Crippen molar-refractivity contribution in [2.75, 3.05) is 58.9 Å². The molecule has 2 aromatic heterocycles. The van der Waals surface area contributed by atoms with E-state index in [4.69, 9.17) is 33.7 Å². The Hall–Kier alpha value is -5.00. The molecule has 66 heavy (non-hydrogen) atoms. The Balaban J connectivity index is 1.08. The van der Waals surface area contributed by atoms with Gasteiger partial charge in [-0.05, 0) is 88.2 Å². The molecule has 5 aliphatic rings. The van der Waals surface area contributed by atoms with Gasteiger partial charge < -0.3 is 44.5 Å². The second kappa shape index (κ2) is 19.3. The number of rotatable bonds is 18. The van der Waals surface area contributed by atoms with Crippen molar-refractivity contribution in [1.29, 1.82) is 0 Å². The number of ether oxygens (including phenoxy) is 5. The van der Waals surface area contributed by atoms with E-state index in [2.05, 4.69) is 41.3 Å². The van der Waals surface area contributed by atoms with Gasteiger partial charge in [-0.3, -0.25) is 14.5 Å². The lowest BCUT2D eigenvalue weighted by Gasteiger charge is -2.35. The number of amides is 3. The van der Waals surface area contributed by atoms with Crippen LogP contribution in [-0.4, -0.2) is 133 Å². The number of benzene rings is 1. The van der Waals surface area contributed by atoms with Crippen LogP contribution in [0.4, 0.5) is 9.93 Å². The second-order valence-electron chi connectivity index (χ2n) is 20.3. The Morgan fingerprint density at radius 3 is 2.45 bits per heavy atom. The fraction of sp³-hybridized carbons (Fsp3) is 0.633. The Morgan fingerprint density at radius 2 is 1.79 bits per heavy atom. The number of nitrogens with zero attached hydrogens (tertiary/aromatic N) is 4. The number of esters is 1. The lowest BCUT2D eigenvalue weighted by Crippen LogP contribution is -2.59. The van der Waals surface area contributed by atoms with Crippen LogP contribution in [0.5, 0.6) is 11.5 Å². The van der Waals surface area contributed by atoms with Crippen molar-refractivity contribution >= 4 is 51.2 Å². The number of fused-ring (bicyclic) bond motifs is 2. The number of anilines is 1. The third-order valence-electron chi connectivity index (χ3n) is 14.1. The smallest absolute Gasteiger partial charge is 0.407 e. The SMILES string of the molecule is C=C[C@@H]1CC1(NC(=O)[C@@H]1CC(Oc2cc(-c3csc(NC(C)C)n3)nc3c(C)c(OCCN4CCC(OC)C4)ccc23)CN1C(=O)[C@@H](NC(=O)OCC1CC2C[C@H]2C1)C(C)(C)C)C(=O)OC. The van der Waals surface area contributed by atoms with Crippen molar-refractivity contribution in [3.05, 3.63) is 41.8 Å². The van der Waals surface area contributed by atoms with Crippen LogP contribution in [0.1, 0.15) is 78.7 Å². The van der Waals surface area contributed by atoms with Crippen molar-refractivity contribution in [2.45, 2.75) is 116 Å². The third kappa shape index (κ3) is 10.3. The first-order valence-electron chi connectivity index (χ1n) is 23.5. The number of hydrogen-bond acceptors (Lipinski definition) is 14. The van der Waals surface area contributed by atoms with E-state index < -0.39 is 53.0 Å². The summed E-state index contributed by atoms with van der Waals surface area (Å²) in [6.45, 7) is 18.9. The number of nitrogens with one attached hydrogen (secondary N) is 3. The van der Waals surface area contributed by atoms with Gasteiger partial charge in [0.15, 0.2) is 5.13 Å². The van der Waals surface area contributed by atoms with Gasteiger partial charge in [0.05, 0.1) is 37.6 Å². The number of aromatic nitrogens is 2. The van der Waals surface area contributed by atoms with E-state index in [1.165, 1.54) is 29.8 Å². The standard InChI is InChI=1S/C49H67N7O9S/c1-10-32-22-49(32,45(59)62-9)54-43(57)38-20-34(24-56(38)44(58)42(48(5,6)7)53-47(60)64-25-29-17-30-19-31(30)18-29)65-40-21-36(37-26-66-46(52-37)50-27(2)3)51-41-28(4)39(12-11-35(40)41)63-16-15-55-14-13-33(23-55)61-8/h10-12,21,26-27,29-34,38,42H,1,13-20,22-25H2,2-9H3,(H,50,52)(H,53,60)(H,54,57)/t29?,30-,31?,32-,33?,34?,38+,42-,49?/m1/s1. The predicted octanol–water partition coefficient (Wildman–Crippen LogP) is 6.36. The van der Waals surface area contributed by atoms with Gasteiger partial charge in [-0.2, -0.15) is 0 Å². The molecule has 5 fully saturated rings. The molecule has 5 unspecified atom stereocenters. The number of alkyl carbamates (subject to hydrolysis) is 1. The molecule has 3 amide bonds. The molecule has 3 aromatic rings. The fourth-order valence-corrected chi connectivity index (χ4v) is 11.0. The Kier molecular flexibility index (Phi) is 13.9. The summed E-state index contributed by atoms with van der Waals surface area (Å²) in [7, 11) is 3.03. The lowest BCUT2D eigenvalue weighted by molar-refractivity contribution is -0.148. The second-order valence-corrected chi connectivity index (χ2v) is 21.2. The minimum absolute atomic E-state index is 0.0140. The molecule has 8 rings (SSSR count). The molecular weight excluding hydrogens is 863 g/mol. The van der Waals surface area contributed by atoms with Gasteiger partial charge in [0.1, 0.15) is 47.5 Å². The van der Waals surface area contributed by atoms with E-state index >= 15 is 0 Å². The molecule has 4 heterocycles. The average molecular weight is 930 g/mol. The van der Waals surface area contributed by atoms with Gasteiger partial charge in [-0.1, -0.05) is 26.8 Å². The molecule has 16 nitrogen and oxygen atoms in total. The summed E-state index contributed by atoms with van der Waals surface area (Å²) in [5.41, 5.74) is 0.682. The maximum absolute atomic E-state index is 14.9. The van der Waals surface area contributed by atoms with Crippen LogP contribution < -0.4 is 25.4 Å². The monoisotopic (exact) mass is 929 g/mol. The van der Waals surface area contributed by atoms with E-state index in [-0.39, 0.29) is 31.0 Å². The zero-order valence-electron chi connectivity index (χ0n) is 39.6. The molecule has 9 atom stereocenters. The highest BCUT2D eigenvalue weighted by molar-refractivity contribution is 7.14. The molecule has 17 heteroatoms. The first-order valence-corrected chi connectivity index (χ1v) is 24.4. The van der Waals surface area contributed by atoms with Crippen LogP contribution in [0.25, 0.3) is 22.3 Å². The van der Waals surface area contributed by atoms with Crippen LogP contribution >= 0.6 is 11.3 Å². The average Bonchev–Trinajstić information content (AvgIpc) is 3.75. The summed E-state index contributed by atoms with van der Waals surface area (Å²) < 4.78 is 29.7. The summed E-state index contributed by atoms with van der Waals surface area (Å²) in [5.74, 6) is 1.10. The minimum Gasteiger partial charge on any atom is -0.492 e. The fourth-order valence-electron chi connectivity index (χ4n) is 10.1. The first-order chi connectivity index (χ1) is 31.5. The number of methoxy groups -OCH3 is 2. The molecule has 2 aliphatic heterocycles. The summed E-state index contributed by atoms with van der Waals surface area (Å²) >= 11 is 1.48. The van der Waals surface area contributed by atoms with Crippen LogP contribution in [0.2, 0.25) is 0 Å². The van der Waals surface area contributed by atoms with Gasteiger partial charge in [0.2, 0.25) is 11.8 Å². The maximum atomic E-state index is 14.9. The quantitative estimate of drug-likeness (QED) is 0.0949. The number of pyridine rings is 1. The Bertz CT molecular complexity index is 2310. The highest BCUT2D eigenvalue weighted by Gasteiger charge is 2.62. The van der Waals surface area contributed by atoms with Crippen LogP contribution in [0.3, 0.4) is 0 Å². The van der Waals surface area contributed by atoms with E-state index in [0.29, 0.717) is 54.0 Å². The van der Waals surface area contributed by atoms with Gasteiger partial charge in [0, 0.05) is 67.5 Å². The van der Waals surface area contributed by atoms with Gasteiger partial charge in [0.25, 0.3) is 0 Å². The number of thiazole rings is 1.